The van der Waals surface area contributed by atoms with Crippen LogP contribution in [0.25, 0.3) is 0 Å². The van der Waals surface area contributed by atoms with Gasteiger partial charge in [0.2, 0.25) is 0 Å². The number of likely N-dealkylation sites (tertiary alicyclic amines) is 1. The molecule has 2 atom stereocenters. The van der Waals surface area contributed by atoms with Gasteiger partial charge in [-0.05, 0) is 37.9 Å². The summed E-state index contributed by atoms with van der Waals surface area (Å²) < 4.78 is 1.91. The van der Waals surface area contributed by atoms with Gasteiger partial charge in [0.15, 0.2) is 0 Å². The highest BCUT2D eigenvalue weighted by molar-refractivity contribution is 5.14. The lowest BCUT2D eigenvalue weighted by Gasteiger charge is -2.34. The van der Waals surface area contributed by atoms with Crippen molar-refractivity contribution in [1.29, 1.82) is 0 Å². The number of likely N-dealkylation sites (N-methyl/N-ethyl adjacent to an activating group) is 1. The molecule has 0 amide bonds. The third kappa shape index (κ3) is 5.92. The number of aliphatic hydroxyl groups is 1. The van der Waals surface area contributed by atoms with Crippen LogP contribution in [0.3, 0.4) is 0 Å². The maximum Gasteiger partial charge on any atom is 0.137 e. The van der Waals surface area contributed by atoms with E-state index in [0.717, 1.165) is 32.7 Å². The monoisotopic (exact) mass is 343 g/mol. The Labute approximate surface area is 150 Å². The zero-order chi connectivity index (χ0) is 17.5. The van der Waals surface area contributed by atoms with Gasteiger partial charge in [-0.2, -0.15) is 5.10 Å². The van der Waals surface area contributed by atoms with Crippen molar-refractivity contribution in [3.05, 3.63) is 48.5 Å². The first-order chi connectivity index (χ1) is 12.2. The van der Waals surface area contributed by atoms with Crippen LogP contribution < -0.4 is 0 Å². The molecule has 0 radical (unpaired) electrons. The highest BCUT2D eigenvalue weighted by Gasteiger charge is 2.22. The van der Waals surface area contributed by atoms with Crippen LogP contribution in [0.1, 0.15) is 18.4 Å². The Bertz CT molecular complexity index is 604. The van der Waals surface area contributed by atoms with Crippen LogP contribution in [0.2, 0.25) is 0 Å². The van der Waals surface area contributed by atoms with Gasteiger partial charge in [-0.25, -0.2) is 4.98 Å². The molecule has 1 fully saturated rings. The van der Waals surface area contributed by atoms with E-state index in [-0.39, 0.29) is 6.10 Å². The summed E-state index contributed by atoms with van der Waals surface area (Å²) in [6.45, 7) is 5.33. The largest absolute Gasteiger partial charge is 0.390 e. The molecular formula is C19H29N5O. The minimum atomic E-state index is -0.321. The number of rotatable bonds is 8. The van der Waals surface area contributed by atoms with E-state index >= 15 is 0 Å². The van der Waals surface area contributed by atoms with E-state index in [4.69, 9.17) is 0 Å². The van der Waals surface area contributed by atoms with Crippen molar-refractivity contribution in [3.63, 3.8) is 0 Å². The number of aromatic nitrogens is 3. The predicted octanol–water partition coefficient (Wildman–Crippen LogP) is 1.48. The first-order valence-electron chi connectivity index (χ1n) is 9.14. The van der Waals surface area contributed by atoms with Crippen LogP contribution >= 0.6 is 0 Å². The summed E-state index contributed by atoms with van der Waals surface area (Å²) in [5, 5.41) is 14.7. The van der Waals surface area contributed by atoms with Crippen molar-refractivity contribution < 1.29 is 5.11 Å². The minimum absolute atomic E-state index is 0.321. The fraction of sp³-hybridized carbons (Fsp3) is 0.579. The summed E-state index contributed by atoms with van der Waals surface area (Å²) in [6, 6.07) is 10.4. The van der Waals surface area contributed by atoms with Crippen molar-refractivity contribution in [1.82, 2.24) is 24.6 Å². The molecule has 1 aromatic heterocycles. The first kappa shape index (κ1) is 18.0. The second-order valence-electron chi connectivity index (χ2n) is 7.22. The Balaban J connectivity index is 1.41. The third-order valence-electron chi connectivity index (χ3n) is 4.80. The average Bonchev–Trinajstić information content (AvgIpc) is 3.08. The molecule has 25 heavy (non-hydrogen) atoms. The molecule has 0 bridgehead atoms. The number of aliphatic hydroxyl groups excluding tert-OH is 1. The minimum Gasteiger partial charge on any atom is -0.390 e. The molecule has 1 aromatic carbocycles. The molecule has 1 saturated heterocycles. The molecule has 6 heteroatoms. The number of β-amino-alcohol motifs (C(OH)–C–C–N with tert-alkyl or cyclic N) is 1. The summed E-state index contributed by atoms with van der Waals surface area (Å²) in [6.07, 6.45) is 5.46. The van der Waals surface area contributed by atoms with Gasteiger partial charge in [-0.1, -0.05) is 30.3 Å². The first-order valence-corrected chi connectivity index (χ1v) is 9.14. The average molecular weight is 343 g/mol. The standard InChI is InChI=1S/C19H29N5O/c1-22(10-17-6-3-2-4-7-17)13-19(25)14-23-9-5-8-18(11-23)12-24-16-20-15-21-24/h2-4,6-7,15-16,18-19,25H,5,8-14H2,1H3/t18-,19+/m0/s1. The Morgan fingerprint density at radius 1 is 1.32 bits per heavy atom. The maximum atomic E-state index is 10.5. The van der Waals surface area contributed by atoms with Gasteiger partial charge >= 0.3 is 0 Å². The zero-order valence-corrected chi connectivity index (χ0v) is 15.0. The molecule has 1 aliphatic rings. The quantitative estimate of drug-likeness (QED) is 0.787. The third-order valence-corrected chi connectivity index (χ3v) is 4.80. The van der Waals surface area contributed by atoms with Crippen molar-refractivity contribution in [2.75, 3.05) is 33.2 Å². The van der Waals surface area contributed by atoms with Crippen LogP contribution in [0.15, 0.2) is 43.0 Å². The Kier molecular flexibility index (Phi) is 6.55. The van der Waals surface area contributed by atoms with Gasteiger partial charge in [0.1, 0.15) is 12.7 Å². The second kappa shape index (κ2) is 9.08. The van der Waals surface area contributed by atoms with E-state index in [9.17, 15) is 5.11 Å². The fourth-order valence-electron chi connectivity index (χ4n) is 3.73. The lowest BCUT2D eigenvalue weighted by atomic mass is 9.98. The lowest BCUT2D eigenvalue weighted by Crippen LogP contribution is -2.44. The molecular weight excluding hydrogens is 314 g/mol. The highest BCUT2D eigenvalue weighted by Crippen LogP contribution is 2.18. The molecule has 1 N–H and O–H groups in total. The van der Waals surface area contributed by atoms with Gasteiger partial charge in [-0.3, -0.25) is 9.58 Å². The van der Waals surface area contributed by atoms with E-state index in [2.05, 4.69) is 51.2 Å². The SMILES string of the molecule is CN(Cc1ccccc1)C[C@@H](O)CN1CCC[C@H](Cn2cncn2)C1. The van der Waals surface area contributed by atoms with Crippen LogP contribution in [-0.4, -0.2) is 69.0 Å². The smallest absolute Gasteiger partial charge is 0.137 e. The zero-order valence-electron chi connectivity index (χ0n) is 15.0. The van der Waals surface area contributed by atoms with E-state index in [1.807, 2.05) is 10.7 Å². The van der Waals surface area contributed by atoms with Gasteiger partial charge < -0.3 is 10.0 Å². The highest BCUT2D eigenvalue weighted by atomic mass is 16.3. The molecule has 2 heterocycles. The molecule has 3 rings (SSSR count). The van der Waals surface area contributed by atoms with E-state index < -0.39 is 0 Å². The molecule has 2 aromatic rings. The van der Waals surface area contributed by atoms with Crippen molar-refractivity contribution >= 4 is 0 Å². The number of hydrogen-bond donors (Lipinski definition) is 1. The molecule has 0 aliphatic carbocycles. The summed E-state index contributed by atoms with van der Waals surface area (Å²) in [5.41, 5.74) is 1.28. The number of nitrogens with zero attached hydrogens (tertiary/aromatic N) is 5. The second-order valence-corrected chi connectivity index (χ2v) is 7.22. The predicted molar refractivity (Wildman–Crippen MR) is 98.0 cm³/mol. The van der Waals surface area contributed by atoms with Crippen molar-refractivity contribution in [2.45, 2.75) is 32.0 Å². The van der Waals surface area contributed by atoms with Gasteiger partial charge in [0, 0.05) is 32.7 Å². The Morgan fingerprint density at radius 2 is 2.16 bits per heavy atom. The Hall–Kier alpha value is -1.76. The molecule has 1 aliphatic heterocycles. The molecule has 0 unspecified atom stereocenters. The summed E-state index contributed by atoms with van der Waals surface area (Å²) >= 11 is 0. The molecule has 6 nitrogen and oxygen atoms in total. The van der Waals surface area contributed by atoms with Crippen LogP contribution in [-0.2, 0) is 13.1 Å². The summed E-state index contributed by atoms with van der Waals surface area (Å²) in [4.78, 5) is 8.60. The molecule has 0 spiro atoms. The number of piperidine rings is 1. The van der Waals surface area contributed by atoms with E-state index in [1.54, 1.807) is 12.7 Å². The number of benzene rings is 1. The molecule has 136 valence electrons. The molecule has 0 saturated carbocycles. The maximum absolute atomic E-state index is 10.5. The van der Waals surface area contributed by atoms with Gasteiger partial charge in [0.05, 0.1) is 6.10 Å². The van der Waals surface area contributed by atoms with Crippen LogP contribution in [0.4, 0.5) is 0 Å². The van der Waals surface area contributed by atoms with Crippen LogP contribution in [0, 0.1) is 5.92 Å². The fourth-order valence-corrected chi connectivity index (χ4v) is 3.73. The van der Waals surface area contributed by atoms with E-state index in [0.29, 0.717) is 12.5 Å². The summed E-state index contributed by atoms with van der Waals surface area (Å²) in [5.74, 6) is 0.588. The normalized spacial score (nSPS) is 20.0. The Morgan fingerprint density at radius 3 is 2.92 bits per heavy atom. The topological polar surface area (TPSA) is 57.4 Å². The summed E-state index contributed by atoms with van der Waals surface area (Å²) in [7, 11) is 2.07. The van der Waals surface area contributed by atoms with Crippen LogP contribution in [0.5, 0.6) is 0 Å². The van der Waals surface area contributed by atoms with Crippen molar-refractivity contribution in [2.24, 2.45) is 5.92 Å². The lowest BCUT2D eigenvalue weighted by molar-refractivity contribution is 0.0585. The van der Waals surface area contributed by atoms with Crippen molar-refractivity contribution in [3.8, 4) is 0 Å². The van der Waals surface area contributed by atoms with E-state index in [1.165, 1.54) is 18.4 Å². The van der Waals surface area contributed by atoms with Gasteiger partial charge in [-0.15, -0.1) is 0 Å². The number of hydrogen-bond acceptors (Lipinski definition) is 5. The van der Waals surface area contributed by atoms with Gasteiger partial charge in [0.25, 0.3) is 0 Å².